The van der Waals surface area contributed by atoms with E-state index in [2.05, 4.69) is 18.1 Å². The van der Waals surface area contributed by atoms with E-state index in [1.54, 1.807) is 60.7 Å². The summed E-state index contributed by atoms with van der Waals surface area (Å²) in [4.78, 5) is 14.5. The molecule has 0 saturated carbocycles. The number of allylic oxidation sites excluding steroid dienone is 2. The molecule has 0 atom stereocenters. The zero-order valence-corrected chi connectivity index (χ0v) is 18.6. The molecule has 0 N–H and O–H groups in total. The highest BCUT2D eigenvalue weighted by molar-refractivity contribution is 7.90. The van der Waals surface area contributed by atoms with Crippen molar-refractivity contribution in [3.8, 4) is 0 Å². The Labute approximate surface area is 187 Å². The van der Waals surface area contributed by atoms with E-state index in [4.69, 9.17) is 4.74 Å². The van der Waals surface area contributed by atoms with Gasteiger partial charge in [-0.1, -0.05) is 49.6 Å². The normalized spacial score (nSPS) is 14.3. The van der Waals surface area contributed by atoms with E-state index in [-0.39, 0.29) is 4.90 Å². The van der Waals surface area contributed by atoms with E-state index >= 15 is 0 Å². The molecule has 6 nitrogen and oxygen atoms in total. The molecule has 0 saturated heterocycles. The number of fused-ring (bicyclic) bond motifs is 3. The predicted octanol–water partition coefficient (Wildman–Crippen LogP) is 4.28. The fourth-order valence-electron chi connectivity index (χ4n) is 4.13. The number of rotatable bonds is 7. The summed E-state index contributed by atoms with van der Waals surface area (Å²) in [6, 6.07) is 13.4. The molecule has 0 aliphatic carbocycles. The van der Waals surface area contributed by atoms with Gasteiger partial charge in [0.15, 0.2) is 0 Å². The number of esters is 1. The number of carbonyl (C=O) groups is 1. The molecule has 0 amide bonds. The molecule has 3 aromatic rings. The largest absolute Gasteiger partial charge is 0.465 e. The predicted molar refractivity (Wildman–Crippen MR) is 125 cm³/mol. The van der Waals surface area contributed by atoms with Gasteiger partial charge in [0.2, 0.25) is 0 Å². The summed E-state index contributed by atoms with van der Waals surface area (Å²) in [6.07, 6.45) is 5.36. The molecule has 1 aliphatic rings. The lowest BCUT2D eigenvalue weighted by Gasteiger charge is -2.18. The Bertz CT molecular complexity index is 1350. The first kappa shape index (κ1) is 21.8. The van der Waals surface area contributed by atoms with E-state index < -0.39 is 16.0 Å². The molecule has 1 aliphatic heterocycles. The van der Waals surface area contributed by atoms with Crippen LogP contribution >= 0.6 is 0 Å². The van der Waals surface area contributed by atoms with Gasteiger partial charge in [0.05, 0.1) is 28.8 Å². The first-order chi connectivity index (χ1) is 15.4. The van der Waals surface area contributed by atoms with Gasteiger partial charge in [-0.25, -0.2) is 17.2 Å². The summed E-state index contributed by atoms with van der Waals surface area (Å²) < 4.78 is 33.6. The molecule has 1 aromatic heterocycles. The first-order valence-corrected chi connectivity index (χ1v) is 11.6. The van der Waals surface area contributed by atoms with Crippen LogP contribution in [0.4, 0.5) is 0 Å². The van der Waals surface area contributed by atoms with Crippen molar-refractivity contribution >= 4 is 26.9 Å². The topological polar surface area (TPSA) is 68.6 Å². The van der Waals surface area contributed by atoms with Crippen LogP contribution in [0.5, 0.6) is 0 Å². The number of aromatic nitrogens is 1. The molecule has 32 heavy (non-hydrogen) atoms. The van der Waals surface area contributed by atoms with Crippen molar-refractivity contribution in [2.45, 2.75) is 18.0 Å². The van der Waals surface area contributed by atoms with Gasteiger partial charge >= 0.3 is 5.97 Å². The SMILES string of the molecule is C=C/C=C(\C=C)CN1Cc2c(n(S(=O)(=O)c3ccccc3)c3ccc(C(=O)OC)cc23)C1. The fourth-order valence-corrected chi connectivity index (χ4v) is 5.72. The highest BCUT2D eigenvalue weighted by atomic mass is 32.2. The van der Waals surface area contributed by atoms with Gasteiger partial charge in [-0.3, -0.25) is 4.90 Å². The molecule has 0 fully saturated rings. The van der Waals surface area contributed by atoms with Gasteiger partial charge in [-0.05, 0) is 41.5 Å². The molecule has 7 heteroatoms. The van der Waals surface area contributed by atoms with Gasteiger partial charge in [0.1, 0.15) is 0 Å². The van der Waals surface area contributed by atoms with Crippen molar-refractivity contribution in [3.63, 3.8) is 0 Å². The van der Waals surface area contributed by atoms with Gasteiger partial charge in [-0.2, -0.15) is 0 Å². The Morgan fingerprint density at radius 1 is 1.12 bits per heavy atom. The third kappa shape index (κ3) is 3.70. The quantitative estimate of drug-likeness (QED) is 0.399. The lowest BCUT2D eigenvalue weighted by molar-refractivity contribution is 0.0601. The van der Waals surface area contributed by atoms with Crippen molar-refractivity contribution in [1.82, 2.24) is 8.87 Å². The average molecular weight is 449 g/mol. The minimum atomic E-state index is -3.83. The summed E-state index contributed by atoms with van der Waals surface area (Å²) >= 11 is 0. The van der Waals surface area contributed by atoms with Crippen LogP contribution in [0.25, 0.3) is 10.9 Å². The summed E-state index contributed by atoms with van der Waals surface area (Å²) in [5.41, 5.74) is 3.52. The van der Waals surface area contributed by atoms with E-state index in [1.807, 2.05) is 6.08 Å². The number of hydrogen-bond donors (Lipinski definition) is 0. The van der Waals surface area contributed by atoms with Crippen LogP contribution in [-0.2, 0) is 27.8 Å². The molecular weight excluding hydrogens is 424 g/mol. The summed E-state index contributed by atoms with van der Waals surface area (Å²) in [5, 5.41) is 0.734. The number of carbonyl (C=O) groups excluding carboxylic acids is 1. The van der Waals surface area contributed by atoms with Crippen LogP contribution in [0.2, 0.25) is 0 Å². The zero-order chi connectivity index (χ0) is 22.9. The average Bonchev–Trinajstić information content (AvgIpc) is 3.34. The maximum Gasteiger partial charge on any atom is 0.337 e. The minimum Gasteiger partial charge on any atom is -0.465 e. The molecule has 164 valence electrons. The second kappa shape index (κ2) is 8.61. The van der Waals surface area contributed by atoms with Crippen molar-refractivity contribution in [1.29, 1.82) is 0 Å². The number of ether oxygens (including phenoxy) is 1. The van der Waals surface area contributed by atoms with Crippen LogP contribution in [0.15, 0.2) is 90.4 Å². The van der Waals surface area contributed by atoms with E-state index in [9.17, 15) is 13.2 Å². The Kier molecular flexibility index (Phi) is 5.86. The molecular formula is C25H24N2O4S. The molecule has 2 aromatic carbocycles. The van der Waals surface area contributed by atoms with E-state index in [1.165, 1.54) is 11.1 Å². The number of hydrogen-bond acceptors (Lipinski definition) is 5. The van der Waals surface area contributed by atoms with Crippen LogP contribution in [0, 0.1) is 0 Å². The lowest BCUT2D eigenvalue weighted by Crippen LogP contribution is -2.22. The Hall–Kier alpha value is -3.42. The standard InChI is InChI=1S/C25H24N2O4S/c1-4-9-18(5-2)15-26-16-22-21-14-19(25(28)31-3)12-13-23(21)27(24(22)17-26)32(29,30)20-10-7-6-8-11-20/h4-14H,1-2,15-17H2,3H3/b18-9+. The number of methoxy groups -OCH3 is 1. The molecule has 0 unspecified atom stereocenters. The number of nitrogens with zero attached hydrogens (tertiary/aromatic N) is 2. The molecule has 0 bridgehead atoms. The smallest absolute Gasteiger partial charge is 0.337 e. The van der Waals surface area contributed by atoms with Crippen LogP contribution in [0.1, 0.15) is 21.6 Å². The Balaban J connectivity index is 1.89. The molecule has 2 heterocycles. The molecule has 0 radical (unpaired) electrons. The van der Waals surface area contributed by atoms with E-state index in [0.717, 1.165) is 16.5 Å². The molecule has 0 spiro atoms. The fraction of sp³-hybridized carbons (Fsp3) is 0.160. The Morgan fingerprint density at radius 3 is 2.53 bits per heavy atom. The third-order valence-corrected chi connectivity index (χ3v) is 7.36. The van der Waals surface area contributed by atoms with E-state index in [0.29, 0.717) is 36.4 Å². The van der Waals surface area contributed by atoms with Crippen molar-refractivity contribution < 1.29 is 17.9 Å². The summed E-state index contributed by atoms with van der Waals surface area (Å²) in [6.45, 7) is 9.19. The van der Waals surface area contributed by atoms with Gasteiger partial charge in [0, 0.05) is 25.0 Å². The summed E-state index contributed by atoms with van der Waals surface area (Å²) in [5.74, 6) is -0.461. The van der Waals surface area contributed by atoms with Gasteiger partial charge in [-0.15, -0.1) is 0 Å². The zero-order valence-electron chi connectivity index (χ0n) is 17.8. The number of benzene rings is 2. The monoisotopic (exact) mass is 448 g/mol. The van der Waals surface area contributed by atoms with Crippen molar-refractivity contribution in [2.24, 2.45) is 0 Å². The highest BCUT2D eigenvalue weighted by Gasteiger charge is 2.32. The molecule has 4 rings (SSSR count). The highest BCUT2D eigenvalue weighted by Crippen LogP contribution is 2.37. The maximum absolute atomic E-state index is 13.6. The maximum atomic E-state index is 13.6. The minimum absolute atomic E-state index is 0.216. The van der Waals surface area contributed by atoms with Crippen molar-refractivity contribution in [3.05, 3.63) is 102 Å². The van der Waals surface area contributed by atoms with Crippen LogP contribution in [0.3, 0.4) is 0 Å². The van der Waals surface area contributed by atoms with Crippen LogP contribution in [-0.4, -0.2) is 36.9 Å². The first-order valence-electron chi connectivity index (χ1n) is 10.1. The van der Waals surface area contributed by atoms with Gasteiger partial charge in [0.25, 0.3) is 10.0 Å². The lowest BCUT2D eigenvalue weighted by atomic mass is 10.1. The van der Waals surface area contributed by atoms with Gasteiger partial charge < -0.3 is 4.74 Å². The second-order valence-corrected chi connectivity index (χ2v) is 9.34. The third-order valence-electron chi connectivity index (χ3n) is 5.59. The van der Waals surface area contributed by atoms with Crippen LogP contribution < -0.4 is 0 Å². The Morgan fingerprint density at radius 2 is 1.88 bits per heavy atom. The second-order valence-electron chi connectivity index (χ2n) is 7.56. The van der Waals surface area contributed by atoms with Crippen molar-refractivity contribution in [2.75, 3.05) is 13.7 Å². The summed E-state index contributed by atoms with van der Waals surface area (Å²) in [7, 11) is -2.51.